The molecule has 2 aromatic rings. The molecule has 0 spiro atoms. The quantitative estimate of drug-likeness (QED) is 0.144. The lowest BCUT2D eigenvalue weighted by molar-refractivity contribution is -0.363. The van der Waals surface area contributed by atoms with Crippen molar-refractivity contribution in [3.05, 3.63) is 34.4 Å². The van der Waals surface area contributed by atoms with E-state index >= 15 is 0 Å². The highest BCUT2D eigenvalue weighted by Crippen LogP contribution is 2.28. The van der Waals surface area contributed by atoms with Crippen LogP contribution in [0, 0.1) is 11.8 Å². The van der Waals surface area contributed by atoms with Crippen molar-refractivity contribution in [1.29, 1.82) is 0 Å². The minimum atomic E-state index is -0.500. The van der Waals surface area contributed by atoms with Crippen LogP contribution in [0.3, 0.4) is 0 Å². The Morgan fingerprint density at radius 3 is 2.23 bits per heavy atom. The second kappa shape index (κ2) is 16.6. The van der Waals surface area contributed by atoms with Crippen LogP contribution >= 0.6 is 11.3 Å². The average molecular weight is 581 g/mol. The molecule has 0 aliphatic rings. The molecule has 2 rings (SSSR count). The molecule has 0 radical (unpaired) electrons. The van der Waals surface area contributed by atoms with Crippen LogP contribution in [0.2, 0.25) is 0 Å². The van der Waals surface area contributed by atoms with Crippen molar-refractivity contribution in [3.63, 3.8) is 0 Å². The molecule has 220 valence electrons. The monoisotopic (exact) mass is 580 g/mol. The summed E-state index contributed by atoms with van der Waals surface area (Å²) in [5.74, 6) is -1.07. The molecule has 0 fully saturated rings. The molecule has 0 unspecified atom stereocenters. The van der Waals surface area contributed by atoms with Crippen molar-refractivity contribution in [3.8, 4) is 0 Å². The molecular formula is C26H38N5O8S+. The first-order valence-corrected chi connectivity index (χ1v) is 13.6. The smallest absolute Gasteiger partial charge is 0.341 e. The predicted molar refractivity (Wildman–Crippen MR) is 151 cm³/mol. The summed E-state index contributed by atoms with van der Waals surface area (Å²) in [4.78, 5) is 49.8. The maximum atomic E-state index is 12.8. The predicted octanol–water partition coefficient (Wildman–Crippen LogP) is 3.67. The van der Waals surface area contributed by atoms with E-state index in [4.69, 9.17) is 18.9 Å². The summed E-state index contributed by atoms with van der Waals surface area (Å²) < 4.78 is 21.6. The number of nitroso groups, excluding NO2 is 1. The van der Waals surface area contributed by atoms with E-state index in [2.05, 4.69) is 26.1 Å². The van der Waals surface area contributed by atoms with Crippen molar-refractivity contribution in [1.82, 2.24) is 0 Å². The van der Waals surface area contributed by atoms with Crippen LogP contribution in [0.25, 0.3) is 0 Å². The van der Waals surface area contributed by atoms with Gasteiger partial charge in [0.05, 0.1) is 57.3 Å². The molecule has 13 nitrogen and oxygen atoms in total. The number of benzene rings is 1. The Labute approximate surface area is 237 Å². The van der Waals surface area contributed by atoms with Gasteiger partial charge in [-0.05, 0) is 55.5 Å². The molecule has 40 heavy (non-hydrogen) atoms. The summed E-state index contributed by atoms with van der Waals surface area (Å²) in [6.45, 7) is 11.2. The van der Waals surface area contributed by atoms with Crippen molar-refractivity contribution >= 4 is 50.6 Å². The number of anilines is 3. The number of hydrogen-bond donors (Lipinski definition) is 3. The van der Waals surface area contributed by atoms with E-state index in [0.29, 0.717) is 61.8 Å². The van der Waals surface area contributed by atoms with Gasteiger partial charge in [0.2, 0.25) is 10.9 Å². The minimum absolute atomic E-state index is 0.199. The van der Waals surface area contributed by atoms with Gasteiger partial charge in [-0.15, -0.1) is 4.91 Å². The van der Waals surface area contributed by atoms with Gasteiger partial charge in [-0.25, -0.2) is 9.78 Å². The Balaban J connectivity index is 1.67. The van der Waals surface area contributed by atoms with Crippen LogP contribution in [0.15, 0.2) is 23.4 Å². The SMILES string of the molecule is CC(=O)Nc1cc(NCCOCCOCCOCCC(=O)OC(C)(C)C)ccc1C(=O)Nc1[nH+]c(C)c(N=O)s1. The fraction of sp³-hybridized carbons (Fsp3) is 0.538. The number of hydrogen-bond acceptors (Lipinski definition) is 11. The van der Waals surface area contributed by atoms with Crippen LogP contribution in [-0.2, 0) is 28.5 Å². The zero-order chi connectivity index (χ0) is 29.5. The van der Waals surface area contributed by atoms with E-state index in [1.807, 2.05) is 20.8 Å². The number of aryl methyl sites for hydroxylation is 1. The van der Waals surface area contributed by atoms with Gasteiger partial charge in [0, 0.05) is 26.1 Å². The number of nitrogens with one attached hydrogen (secondary N) is 4. The summed E-state index contributed by atoms with van der Waals surface area (Å²) >= 11 is 1.02. The molecule has 0 saturated carbocycles. The number of rotatable bonds is 17. The summed E-state index contributed by atoms with van der Waals surface area (Å²) in [5, 5.41) is 12.0. The zero-order valence-electron chi connectivity index (χ0n) is 23.5. The third kappa shape index (κ3) is 12.6. The van der Waals surface area contributed by atoms with E-state index in [1.165, 1.54) is 6.92 Å². The summed E-state index contributed by atoms with van der Waals surface area (Å²) in [7, 11) is 0. The third-order valence-corrected chi connectivity index (χ3v) is 5.88. The van der Waals surface area contributed by atoms with Crippen LogP contribution in [0.4, 0.5) is 21.5 Å². The summed E-state index contributed by atoms with van der Waals surface area (Å²) in [5.41, 5.74) is 1.32. The van der Waals surface area contributed by atoms with Crippen LogP contribution < -0.4 is 20.9 Å². The van der Waals surface area contributed by atoms with Gasteiger partial charge < -0.3 is 29.6 Å². The van der Waals surface area contributed by atoms with Crippen molar-refractivity contribution in [2.45, 2.75) is 46.6 Å². The first-order valence-electron chi connectivity index (χ1n) is 12.8. The number of thiazole rings is 1. The maximum Gasteiger partial charge on any atom is 0.341 e. The lowest BCUT2D eigenvalue weighted by atomic mass is 10.1. The Morgan fingerprint density at radius 1 is 0.975 bits per heavy atom. The first kappa shape index (κ1) is 32.8. The molecule has 2 amide bonds. The van der Waals surface area contributed by atoms with E-state index in [-0.39, 0.29) is 35.5 Å². The second-order valence-corrected chi connectivity index (χ2v) is 10.6. The van der Waals surface area contributed by atoms with Crippen molar-refractivity contribution < 1.29 is 38.3 Å². The number of amides is 2. The molecule has 1 aromatic heterocycles. The number of aromatic amines is 1. The van der Waals surface area contributed by atoms with Crippen LogP contribution in [0.5, 0.6) is 0 Å². The molecule has 1 heterocycles. The van der Waals surface area contributed by atoms with Crippen LogP contribution in [-0.4, -0.2) is 69.6 Å². The summed E-state index contributed by atoms with van der Waals surface area (Å²) in [6, 6.07) is 4.96. The fourth-order valence-electron chi connectivity index (χ4n) is 3.24. The molecule has 0 saturated heterocycles. The van der Waals surface area contributed by atoms with Gasteiger partial charge in [0.1, 0.15) is 11.3 Å². The molecule has 0 bridgehead atoms. The largest absolute Gasteiger partial charge is 0.460 e. The Bertz CT molecular complexity index is 1150. The van der Waals surface area contributed by atoms with Crippen molar-refractivity contribution in [2.75, 3.05) is 62.1 Å². The molecule has 0 atom stereocenters. The molecule has 14 heteroatoms. The van der Waals surface area contributed by atoms with Gasteiger partial charge in [-0.3, -0.25) is 9.59 Å². The number of esters is 1. The highest BCUT2D eigenvalue weighted by atomic mass is 32.1. The fourth-order valence-corrected chi connectivity index (χ4v) is 4.02. The van der Waals surface area contributed by atoms with E-state index < -0.39 is 11.5 Å². The topological polar surface area (TPSA) is 168 Å². The molecule has 0 aliphatic heterocycles. The third-order valence-electron chi connectivity index (χ3n) is 4.90. The molecule has 1 aromatic carbocycles. The minimum Gasteiger partial charge on any atom is -0.460 e. The highest BCUT2D eigenvalue weighted by molar-refractivity contribution is 7.19. The Morgan fingerprint density at radius 2 is 1.62 bits per heavy atom. The molecule has 0 aliphatic carbocycles. The Kier molecular flexibility index (Phi) is 13.6. The number of H-pyrrole nitrogens is 1. The molecule has 4 N–H and O–H groups in total. The lowest BCUT2D eigenvalue weighted by Crippen LogP contribution is -2.24. The van der Waals surface area contributed by atoms with Crippen LogP contribution in [0.1, 0.15) is 50.2 Å². The number of ether oxygens (including phenoxy) is 4. The normalized spacial score (nSPS) is 11.1. The number of nitrogens with zero attached hydrogens (tertiary/aromatic N) is 1. The van der Waals surface area contributed by atoms with Crippen molar-refractivity contribution in [2.24, 2.45) is 5.18 Å². The Hall–Kier alpha value is -3.46. The average Bonchev–Trinajstić information content (AvgIpc) is 3.22. The number of carbonyl (C=O) groups excluding carboxylic acids is 3. The van der Waals surface area contributed by atoms with Gasteiger partial charge in [0.15, 0.2) is 0 Å². The van der Waals surface area contributed by atoms with Gasteiger partial charge in [-0.2, -0.15) is 5.32 Å². The molecular weight excluding hydrogens is 542 g/mol. The van der Waals surface area contributed by atoms with E-state index in [0.717, 1.165) is 11.3 Å². The standard InChI is InChI=1S/C26H37N5O8S/c1-17-24(31-35)40-25(28-17)30-23(34)20-7-6-19(16-21(20)29-18(2)32)27-9-11-37-13-15-38-14-12-36-10-8-22(33)39-26(3,4)5/h6-7,16,27H,8-15H2,1-5H3,(H,29,32)(H,28,30,34)/p+1. The van der Waals surface area contributed by atoms with Gasteiger partial charge in [-0.1, -0.05) is 0 Å². The second-order valence-electron chi connectivity index (χ2n) is 9.57. The van der Waals surface area contributed by atoms with Gasteiger partial charge >= 0.3 is 17.0 Å². The van der Waals surface area contributed by atoms with E-state index in [9.17, 15) is 19.3 Å². The van der Waals surface area contributed by atoms with Gasteiger partial charge in [0.25, 0.3) is 0 Å². The lowest BCUT2D eigenvalue weighted by Gasteiger charge is -2.19. The van der Waals surface area contributed by atoms with E-state index in [1.54, 1.807) is 25.1 Å². The number of carbonyl (C=O) groups is 3. The number of aromatic nitrogens is 1. The first-order chi connectivity index (χ1) is 19.0. The zero-order valence-corrected chi connectivity index (χ0v) is 24.3. The highest BCUT2D eigenvalue weighted by Gasteiger charge is 2.22. The summed E-state index contributed by atoms with van der Waals surface area (Å²) in [6.07, 6.45) is 0.199. The maximum absolute atomic E-state index is 12.8.